The summed E-state index contributed by atoms with van der Waals surface area (Å²) in [6, 6.07) is -1.22. The van der Waals surface area contributed by atoms with Crippen LogP contribution in [-0.2, 0) is 0 Å². The molecular weight excluding hydrogens is 340 g/mol. The molecule has 0 saturated heterocycles. The second-order valence-electron chi connectivity index (χ2n) is 2.77. The van der Waals surface area contributed by atoms with E-state index in [1.165, 1.54) is 5.38 Å². The molecule has 0 aromatic carbocycles. The Bertz CT molecular complexity index is 353. The fourth-order valence-corrected chi connectivity index (χ4v) is 2.33. The molecule has 0 amide bonds. The highest BCUT2D eigenvalue weighted by molar-refractivity contribution is 9.10. The quantitative estimate of drug-likeness (QED) is 0.801. The molecule has 0 radical (unpaired) electrons. The minimum absolute atomic E-state index is 0. The van der Waals surface area contributed by atoms with Gasteiger partial charge in [-0.25, -0.2) is 0 Å². The molecule has 0 aliphatic carbocycles. The molecule has 0 fully saturated rings. The molecule has 94 valence electrons. The Morgan fingerprint density at radius 2 is 1.75 bits per heavy atom. The fraction of sp³-hybridized carbons (Fsp3) is 0.429. The number of halogens is 7. The van der Waals surface area contributed by atoms with Crippen molar-refractivity contribution >= 4 is 39.7 Å². The Morgan fingerprint density at radius 1 is 1.25 bits per heavy atom. The van der Waals surface area contributed by atoms with Crippen molar-refractivity contribution in [2.45, 2.75) is 18.1 Å². The van der Waals surface area contributed by atoms with Gasteiger partial charge in [0.15, 0.2) is 0 Å². The van der Waals surface area contributed by atoms with Crippen LogP contribution in [0.1, 0.15) is 10.9 Å². The Balaban J connectivity index is 0.00000225. The average molecular weight is 347 g/mol. The highest BCUT2D eigenvalue weighted by Crippen LogP contribution is 2.44. The minimum atomic E-state index is -5.64. The standard InChI is InChI=1S/C7H5BrF5NS.ClH/c8-3-1-4(15-2-3)5(14)6(9,10)7(11,12)13;/h1-2,5H,14H2;1H/t5-;/m0./s1. The summed E-state index contributed by atoms with van der Waals surface area (Å²) in [6.45, 7) is 0. The van der Waals surface area contributed by atoms with E-state index in [1.807, 2.05) is 0 Å². The van der Waals surface area contributed by atoms with Crippen LogP contribution in [0, 0.1) is 0 Å². The SMILES string of the molecule is Cl.N[C@@H](c1cc(Br)cs1)C(F)(F)C(F)(F)F. The zero-order valence-electron chi connectivity index (χ0n) is 7.39. The van der Waals surface area contributed by atoms with Gasteiger partial charge < -0.3 is 5.73 Å². The van der Waals surface area contributed by atoms with Gasteiger partial charge in [-0.3, -0.25) is 0 Å². The first-order valence-corrected chi connectivity index (χ1v) is 5.27. The summed E-state index contributed by atoms with van der Waals surface area (Å²) in [6.07, 6.45) is -5.64. The van der Waals surface area contributed by atoms with E-state index in [-0.39, 0.29) is 17.3 Å². The normalized spacial score (nSPS) is 14.4. The molecule has 0 bridgehead atoms. The van der Waals surface area contributed by atoms with E-state index < -0.39 is 18.1 Å². The van der Waals surface area contributed by atoms with Crippen molar-refractivity contribution < 1.29 is 22.0 Å². The van der Waals surface area contributed by atoms with Gasteiger partial charge in [0, 0.05) is 14.7 Å². The molecule has 1 rings (SSSR count). The molecular formula is C7H6BrClF5NS. The van der Waals surface area contributed by atoms with Gasteiger partial charge in [0.1, 0.15) is 6.04 Å². The van der Waals surface area contributed by atoms with Crippen molar-refractivity contribution in [1.29, 1.82) is 0 Å². The van der Waals surface area contributed by atoms with E-state index in [0.29, 0.717) is 4.47 Å². The molecule has 1 aromatic rings. The Labute approximate surface area is 106 Å². The Morgan fingerprint density at radius 3 is 2.06 bits per heavy atom. The van der Waals surface area contributed by atoms with Gasteiger partial charge in [-0.05, 0) is 22.0 Å². The van der Waals surface area contributed by atoms with E-state index in [2.05, 4.69) is 15.9 Å². The number of hydrogen-bond acceptors (Lipinski definition) is 2. The van der Waals surface area contributed by atoms with Crippen LogP contribution in [-0.4, -0.2) is 12.1 Å². The van der Waals surface area contributed by atoms with E-state index in [9.17, 15) is 22.0 Å². The van der Waals surface area contributed by atoms with Crippen LogP contribution in [0.25, 0.3) is 0 Å². The molecule has 1 heterocycles. The first kappa shape index (κ1) is 16.1. The van der Waals surface area contributed by atoms with Gasteiger partial charge >= 0.3 is 12.1 Å². The molecule has 0 unspecified atom stereocenters. The summed E-state index contributed by atoms with van der Waals surface area (Å²) in [5.41, 5.74) is 4.89. The molecule has 16 heavy (non-hydrogen) atoms. The second-order valence-corrected chi connectivity index (χ2v) is 4.62. The molecule has 0 spiro atoms. The number of alkyl halides is 5. The van der Waals surface area contributed by atoms with Crippen molar-refractivity contribution in [3.8, 4) is 0 Å². The van der Waals surface area contributed by atoms with Gasteiger partial charge in [0.2, 0.25) is 0 Å². The van der Waals surface area contributed by atoms with E-state index in [0.717, 1.165) is 17.4 Å². The third-order valence-corrected chi connectivity index (χ3v) is 3.44. The van der Waals surface area contributed by atoms with E-state index >= 15 is 0 Å². The number of nitrogens with two attached hydrogens (primary N) is 1. The van der Waals surface area contributed by atoms with Crippen molar-refractivity contribution in [3.63, 3.8) is 0 Å². The third-order valence-electron chi connectivity index (χ3n) is 1.66. The lowest BCUT2D eigenvalue weighted by atomic mass is 10.1. The van der Waals surface area contributed by atoms with Gasteiger partial charge in [0.25, 0.3) is 0 Å². The molecule has 0 aliphatic rings. The zero-order chi connectivity index (χ0) is 11.9. The molecule has 9 heteroatoms. The first-order valence-electron chi connectivity index (χ1n) is 3.60. The second kappa shape index (κ2) is 5.16. The molecule has 1 nitrogen and oxygen atoms in total. The summed E-state index contributed by atoms with van der Waals surface area (Å²) < 4.78 is 61.8. The maximum absolute atomic E-state index is 12.8. The Kier molecular flexibility index (Phi) is 5.18. The van der Waals surface area contributed by atoms with Gasteiger partial charge in [-0.2, -0.15) is 22.0 Å². The highest BCUT2D eigenvalue weighted by atomic mass is 79.9. The van der Waals surface area contributed by atoms with Crippen LogP contribution in [0.2, 0.25) is 0 Å². The fourth-order valence-electron chi connectivity index (χ4n) is 0.846. The average Bonchev–Trinajstić information content (AvgIpc) is 2.48. The molecule has 0 aliphatic heterocycles. The molecule has 1 atom stereocenters. The van der Waals surface area contributed by atoms with Crippen LogP contribution in [0.5, 0.6) is 0 Å². The van der Waals surface area contributed by atoms with E-state index in [4.69, 9.17) is 5.73 Å². The first-order chi connectivity index (χ1) is 6.66. The smallest absolute Gasteiger partial charge is 0.318 e. The van der Waals surface area contributed by atoms with Crippen LogP contribution in [0.4, 0.5) is 22.0 Å². The minimum Gasteiger partial charge on any atom is -0.318 e. The number of hydrogen-bond donors (Lipinski definition) is 1. The van der Waals surface area contributed by atoms with Crippen molar-refractivity contribution in [1.82, 2.24) is 0 Å². The lowest BCUT2D eigenvalue weighted by molar-refractivity contribution is -0.290. The predicted octanol–water partition coefficient (Wildman–Crippen LogP) is 4.13. The lowest BCUT2D eigenvalue weighted by Crippen LogP contribution is -2.45. The summed E-state index contributed by atoms with van der Waals surface area (Å²) in [5.74, 6) is -4.92. The van der Waals surface area contributed by atoms with Crippen LogP contribution in [0.15, 0.2) is 15.9 Å². The maximum Gasteiger partial charge on any atom is 0.455 e. The van der Waals surface area contributed by atoms with Crippen molar-refractivity contribution in [2.24, 2.45) is 5.73 Å². The van der Waals surface area contributed by atoms with Gasteiger partial charge in [0.05, 0.1) is 0 Å². The largest absolute Gasteiger partial charge is 0.455 e. The summed E-state index contributed by atoms with van der Waals surface area (Å²) >= 11 is 3.70. The highest BCUT2D eigenvalue weighted by Gasteiger charge is 2.62. The van der Waals surface area contributed by atoms with Crippen molar-refractivity contribution in [2.75, 3.05) is 0 Å². The summed E-state index contributed by atoms with van der Waals surface area (Å²) in [7, 11) is 0. The van der Waals surface area contributed by atoms with Crippen LogP contribution < -0.4 is 5.73 Å². The van der Waals surface area contributed by atoms with Crippen LogP contribution in [0.3, 0.4) is 0 Å². The predicted molar refractivity (Wildman–Crippen MR) is 57.2 cm³/mol. The number of rotatable bonds is 2. The summed E-state index contributed by atoms with van der Waals surface area (Å²) in [5, 5.41) is 1.39. The molecule has 2 N–H and O–H groups in total. The summed E-state index contributed by atoms with van der Waals surface area (Å²) in [4.78, 5) is -0.218. The zero-order valence-corrected chi connectivity index (χ0v) is 10.6. The van der Waals surface area contributed by atoms with Crippen molar-refractivity contribution in [3.05, 3.63) is 20.8 Å². The molecule has 0 saturated carbocycles. The maximum atomic E-state index is 12.8. The van der Waals surface area contributed by atoms with E-state index in [1.54, 1.807) is 0 Å². The van der Waals surface area contributed by atoms with Crippen LogP contribution >= 0.6 is 39.7 Å². The lowest BCUT2D eigenvalue weighted by Gasteiger charge is -2.24. The molecule has 1 aromatic heterocycles. The van der Waals surface area contributed by atoms with Gasteiger partial charge in [-0.1, -0.05) is 0 Å². The topological polar surface area (TPSA) is 26.0 Å². The monoisotopic (exact) mass is 345 g/mol. The number of thiophene rings is 1. The van der Waals surface area contributed by atoms with Gasteiger partial charge in [-0.15, -0.1) is 23.7 Å². The third kappa shape index (κ3) is 3.06. The Hall–Kier alpha value is 0.0800.